The molecule has 0 radical (unpaired) electrons. The van der Waals surface area contributed by atoms with Gasteiger partial charge >= 0.3 is 0 Å². The number of benzene rings is 1. The highest BCUT2D eigenvalue weighted by molar-refractivity contribution is 5.82. The lowest BCUT2D eigenvalue weighted by Crippen LogP contribution is -2.36. The largest absolute Gasteiger partial charge is 0.383 e. The van der Waals surface area contributed by atoms with E-state index in [9.17, 15) is 4.79 Å². The van der Waals surface area contributed by atoms with Crippen molar-refractivity contribution in [3.63, 3.8) is 0 Å². The molecule has 118 valence electrons. The predicted octanol–water partition coefficient (Wildman–Crippen LogP) is 1.08. The predicted molar refractivity (Wildman–Crippen MR) is 85.1 cm³/mol. The van der Waals surface area contributed by atoms with E-state index in [4.69, 9.17) is 10.5 Å². The second-order valence-electron chi connectivity index (χ2n) is 5.33. The quantitative estimate of drug-likeness (QED) is 0.669. The zero-order valence-electron chi connectivity index (χ0n) is 13.3. The minimum atomic E-state index is -0.600. The van der Waals surface area contributed by atoms with Crippen LogP contribution < -0.4 is 11.1 Å². The number of methoxy groups -OCH3 is 1. The zero-order valence-corrected chi connectivity index (χ0v) is 13.3. The van der Waals surface area contributed by atoms with Gasteiger partial charge in [0, 0.05) is 20.2 Å². The standard InChI is InChI=1S/C16H27N3O2/c1-13-5-7-14(8-6-13)15(17)16(20)18-9-4-10-19(2)11-12-21-3/h5-8,15H,4,9-12,17H2,1-3H3,(H,18,20). The molecule has 0 bridgehead atoms. The maximum Gasteiger partial charge on any atom is 0.241 e. The van der Waals surface area contributed by atoms with Crippen LogP contribution in [0.4, 0.5) is 0 Å². The van der Waals surface area contributed by atoms with Crippen molar-refractivity contribution in [2.45, 2.75) is 19.4 Å². The van der Waals surface area contributed by atoms with E-state index in [0.29, 0.717) is 6.54 Å². The molecule has 0 aliphatic rings. The molecular weight excluding hydrogens is 266 g/mol. The van der Waals surface area contributed by atoms with Gasteiger partial charge in [0.15, 0.2) is 0 Å². The average molecular weight is 293 g/mol. The molecule has 0 aliphatic carbocycles. The normalized spacial score (nSPS) is 12.4. The summed E-state index contributed by atoms with van der Waals surface area (Å²) in [5.74, 6) is -0.126. The Morgan fingerprint density at radius 3 is 2.62 bits per heavy atom. The summed E-state index contributed by atoms with van der Waals surface area (Å²) >= 11 is 0. The van der Waals surface area contributed by atoms with Crippen molar-refractivity contribution < 1.29 is 9.53 Å². The van der Waals surface area contributed by atoms with E-state index in [1.165, 1.54) is 0 Å². The molecule has 1 rings (SSSR count). The van der Waals surface area contributed by atoms with Gasteiger partial charge in [-0.1, -0.05) is 29.8 Å². The Morgan fingerprint density at radius 1 is 1.33 bits per heavy atom. The number of amides is 1. The fourth-order valence-electron chi connectivity index (χ4n) is 1.95. The molecule has 1 aromatic carbocycles. The number of rotatable bonds is 9. The molecule has 1 atom stereocenters. The van der Waals surface area contributed by atoms with Crippen LogP contribution in [0.1, 0.15) is 23.6 Å². The van der Waals surface area contributed by atoms with E-state index in [1.807, 2.05) is 38.2 Å². The Balaban J connectivity index is 2.25. The van der Waals surface area contributed by atoms with Crippen molar-refractivity contribution in [2.24, 2.45) is 5.73 Å². The Hall–Kier alpha value is -1.43. The van der Waals surface area contributed by atoms with Crippen LogP contribution in [0.25, 0.3) is 0 Å². The number of nitrogens with one attached hydrogen (secondary N) is 1. The molecular formula is C16H27N3O2. The van der Waals surface area contributed by atoms with E-state index >= 15 is 0 Å². The fraction of sp³-hybridized carbons (Fsp3) is 0.562. The highest BCUT2D eigenvalue weighted by Crippen LogP contribution is 2.11. The van der Waals surface area contributed by atoms with Crippen LogP contribution in [0.5, 0.6) is 0 Å². The molecule has 21 heavy (non-hydrogen) atoms. The van der Waals surface area contributed by atoms with Gasteiger partial charge in [-0.3, -0.25) is 4.79 Å². The lowest BCUT2D eigenvalue weighted by atomic mass is 10.1. The second kappa shape index (κ2) is 9.50. The number of aryl methyl sites for hydroxylation is 1. The Kier molecular flexibility index (Phi) is 7.97. The number of nitrogens with two attached hydrogens (primary N) is 1. The Bertz CT molecular complexity index is 420. The van der Waals surface area contributed by atoms with Crippen LogP contribution in [0, 0.1) is 6.92 Å². The molecule has 0 saturated carbocycles. The molecule has 0 aliphatic heterocycles. The van der Waals surface area contributed by atoms with Crippen molar-refractivity contribution in [2.75, 3.05) is 40.4 Å². The Labute approximate surface area is 127 Å². The zero-order chi connectivity index (χ0) is 15.7. The van der Waals surface area contributed by atoms with Crippen LogP contribution >= 0.6 is 0 Å². The van der Waals surface area contributed by atoms with Crippen molar-refractivity contribution in [1.29, 1.82) is 0 Å². The van der Waals surface area contributed by atoms with Crippen LogP contribution in [0.15, 0.2) is 24.3 Å². The number of carbonyl (C=O) groups excluding carboxylic acids is 1. The number of carbonyl (C=O) groups is 1. The third-order valence-electron chi connectivity index (χ3n) is 3.41. The van der Waals surface area contributed by atoms with Crippen molar-refractivity contribution >= 4 is 5.91 Å². The van der Waals surface area contributed by atoms with E-state index in [0.717, 1.165) is 37.2 Å². The van der Waals surface area contributed by atoms with Gasteiger partial charge in [-0.2, -0.15) is 0 Å². The first kappa shape index (κ1) is 17.6. The van der Waals surface area contributed by atoms with E-state index in [1.54, 1.807) is 7.11 Å². The molecule has 1 unspecified atom stereocenters. The van der Waals surface area contributed by atoms with Gasteiger partial charge in [0.25, 0.3) is 0 Å². The van der Waals surface area contributed by atoms with Gasteiger partial charge < -0.3 is 20.7 Å². The summed E-state index contributed by atoms with van der Waals surface area (Å²) in [6, 6.07) is 7.13. The van der Waals surface area contributed by atoms with Gasteiger partial charge in [-0.15, -0.1) is 0 Å². The summed E-state index contributed by atoms with van der Waals surface area (Å²) in [5, 5.41) is 2.89. The fourth-order valence-corrected chi connectivity index (χ4v) is 1.95. The van der Waals surface area contributed by atoms with Crippen molar-refractivity contribution in [1.82, 2.24) is 10.2 Å². The number of hydrogen-bond acceptors (Lipinski definition) is 4. The second-order valence-corrected chi connectivity index (χ2v) is 5.33. The van der Waals surface area contributed by atoms with Crippen molar-refractivity contribution in [3.8, 4) is 0 Å². The highest BCUT2D eigenvalue weighted by Gasteiger charge is 2.14. The lowest BCUT2D eigenvalue weighted by Gasteiger charge is -2.17. The molecule has 0 aromatic heterocycles. The SMILES string of the molecule is COCCN(C)CCCNC(=O)C(N)c1ccc(C)cc1. The van der Waals surface area contributed by atoms with Gasteiger partial charge in [-0.05, 0) is 32.5 Å². The number of likely N-dealkylation sites (N-methyl/N-ethyl adjacent to an activating group) is 1. The maximum absolute atomic E-state index is 12.0. The van der Waals surface area contributed by atoms with Crippen LogP contribution in [0.3, 0.4) is 0 Å². The number of hydrogen-bond donors (Lipinski definition) is 2. The van der Waals surface area contributed by atoms with Crippen LogP contribution in [-0.4, -0.2) is 51.2 Å². The first-order valence-corrected chi connectivity index (χ1v) is 7.32. The van der Waals surface area contributed by atoms with Crippen molar-refractivity contribution in [3.05, 3.63) is 35.4 Å². The van der Waals surface area contributed by atoms with Crippen LogP contribution in [0.2, 0.25) is 0 Å². The molecule has 0 heterocycles. The molecule has 1 aromatic rings. The first-order chi connectivity index (χ1) is 10.0. The van der Waals surface area contributed by atoms with E-state index < -0.39 is 6.04 Å². The van der Waals surface area contributed by atoms with E-state index in [2.05, 4.69) is 10.2 Å². The third-order valence-corrected chi connectivity index (χ3v) is 3.41. The molecule has 0 fully saturated rings. The topological polar surface area (TPSA) is 67.6 Å². The first-order valence-electron chi connectivity index (χ1n) is 7.32. The highest BCUT2D eigenvalue weighted by atomic mass is 16.5. The number of ether oxygens (including phenoxy) is 1. The maximum atomic E-state index is 12.0. The summed E-state index contributed by atoms with van der Waals surface area (Å²) in [6.45, 7) is 5.18. The summed E-state index contributed by atoms with van der Waals surface area (Å²) in [7, 11) is 3.74. The molecule has 1 amide bonds. The minimum Gasteiger partial charge on any atom is -0.383 e. The third kappa shape index (κ3) is 6.71. The summed E-state index contributed by atoms with van der Waals surface area (Å²) in [4.78, 5) is 14.2. The molecule has 0 spiro atoms. The molecule has 0 saturated heterocycles. The van der Waals surface area contributed by atoms with E-state index in [-0.39, 0.29) is 5.91 Å². The van der Waals surface area contributed by atoms with Gasteiger partial charge in [0.1, 0.15) is 6.04 Å². The van der Waals surface area contributed by atoms with Gasteiger partial charge in [-0.25, -0.2) is 0 Å². The van der Waals surface area contributed by atoms with Gasteiger partial charge in [0.05, 0.1) is 6.61 Å². The smallest absolute Gasteiger partial charge is 0.241 e. The molecule has 3 N–H and O–H groups in total. The lowest BCUT2D eigenvalue weighted by molar-refractivity contribution is -0.122. The summed E-state index contributed by atoms with van der Waals surface area (Å²) < 4.78 is 5.02. The average Bonchev–Trinajstić information content (AvgIpc) is 2.49. The summed E-state index contributed by atoms with van der Waals surface area (Å²) in [5.41, 5.74) is 7.96. The molecule has 5 nitrogen and oxygen atoms in total. The monoisotopic (exact) mass is 293 g/mol. The van der Waals surface area contributed by atoms with Gasteiger partial charge in [0.2, 0.25) is 5.91 Å². The Morgan fingerprint density at radius 2 is 2.00 bits per heavy atom. The summed E-state index contributed by atoms with van der Waals surface area (Å²) in [6.07, 6.45) is 0.895. The van der Waals surface area contributed by atoms with Crippen LogP contribution in [-0.2, 0) is 9.53 Å². The molecule has 5 heteroatoms. The number of nitrogens with zero attached hydrogens (tertiary/aromatic N) is 1. The minimum absolute atomic E-state index is 0.126.